The molecule has 0 fully saturated rings. The Bertz CT molecular complexity index is 647. The first kappa shape index (κ1) is 20.5. The molecule has 0 aliphatic heterocycles. The van der Waals surface area contributed by atoms with Gasteiger partial charge in [0, 0.05) is 5.75 Å². The number of alkyl carbamates (subject to hydrolysis) is 1. The smallest absolute Gasteiger partial charge is 0.408 e. The first-order valence-electron chi connectivity index (χ1n) is 6.79. The van der Waals surface area contributed by atoms with E-state index in [9.17, 15) is 24.8 Å². The highest BCUT2D eigenvalue weighted by atomic mass is 127. The van der Waals surface area contributed by atoms with Crippen molar-refractivity contribution in [2.45, 2.75) is 37.3 Å². The van der Waals surface area contributed by atoms with Gasteiger partial charge in [0.15, 0.2) is 0 Å². The van der Waals surface area contributed by atoms with Gasteiger partial charge in [-0.05, 0) is 55.5 Å². The Labute approximate surface area is 156 Å². The molecule has 0 aliphatic carbocycles. The number of carbonyl (C=O) groups excluding carboxylic acids is 1. The third-order valence-electron chi connectivity index (χ3n) is 2.53. The minimum absolute atomic E-state index is 0.0739. The van der Waals surface area contributed by atoms with Gasteiger partial charge >= 0.3 is 12.1 Å². The lowest BCUT2D eigenvalue weighted by molar-refractivity contribution is -0.388. The molecule has 1 aromatic carbocycles. The zero-order chi connectivity index (χ0) is 18.5. The molecule has 1 amide bonds. The van der Waals surface area contributed by atoms with Crippen LogP contribution in [-0.2, 0) is 9.53 Å². The second kappa shape index (κ2) is 8.51. The minimum atomic E-state index is -1.25. The molecule has 24 heavy (non-hydrogen) atoms. The van der Waals surface area contributed by atoms with Gasteiger partial charge in [-0.2, -0.15) is 0 Å². The van der Waals surface area contributed by atoms with Gasteiger partial charge in [0.2, 0.25) is 0 Å². The molecule has 0 radical (unpaired) electrons. The Balaban J connectivity index is 2.82. The van der Waals surface area contributed by atoms with E-state index in [4.69, 9.17) is 4.74 Å². The van der Waals surface area contributed by atoms with Crippen LogP contribution in [-0.4, -0.2) is 39.5 Å². The van der Waals surface area contributed by atoms with Crippen LogP contribution in [0.5, 0.6) is 0 Å². The molecule has 8 nitrogen and oxygen atoms in total. The molecule has 0 bridgehead atoms. The summed E-state index contributed by atoms with van der Waals surface area (Å²) in [6, 6.07) is 3.55. The standard InChI is InChI=1S/C14H17IN2O6S/c1-14(2,3)23-13(20)16-9(12(18)19)7-24-10-6-4-5-8(15)11(10)17(21)22/h4-6,9H,7H2,1-3H3,(H,16,20)(H,18,19). The molecular weight excluding hydrogens is 451 g/mol. The fourth-order valence-electron chi connectivity index (χ4n) is 1.59. The first-order chi connectivity index (χ1) is 11.0. The normalized spacial score (nSPS) is 12.3. The van der Waals surface area contributed by atoms with Crippen molar-refractivity contribution >= 4 is 52.1 Å². The minimum Gasteiger partial charge on any atom is -0.480 e. The Morgan fingerprint density at radius 3 is 2.58 bits per heavy atom. The Kier molecular flexibility index (Phi) is 7.27. The topological polar surface area (TPSA) is 119 Å². The van der Waals surface area contributed by atoms with Crippen molar-refractivity contribution < 1.29 is 24.4 Å². The van der Waals surface area contributed by atoms with Gasteiger partial charge in [-0.3, -0.25) is 10.1 Å². The van der Waals surface area contributed by atoms with Crippen molar-refractivity contribution in [3.63, 3.8) is 0 Å². The van der Waals surface area contributed by atoms with Crippen LogP contribution in [0.15, 0.2) is 23.1 Å². The van der Waals surface area contributed by atoms with Crippen molar-refractivity contribution in [1.82, 2.24) is 5.32 Å². The quantitative estimate of drug-likeness (QED) is 0.285. The highest BCUT2D eigenvalue weighted by molar-refractivity contribution is 14.1. The maximum atomic E-state index is 11.7. The number of hydrogen-bond donors (Lipinski definition) is 2. The number of carboxylic acid groups (broad SMARTS) is 1. The van der Waals surface area contributed by atoms with Crippen molar-refractivity contribution in [2.24, 2.45) is 0 Å². The number of carboxylic acids is 1. The van der Waals surface area contributed by atoms with E-state index in [0.717, 1.165) is 11.8 Å². The first-order valence-corrected chi connectivity index (χ1v) is 8.85. The number of para-hydroxylation sites is 1. The number of amides is 1. The van der Waals surface area contributed by atoms with Crippen LogP contribution >= 0.6 is 34.4 Å². The average Bonchev–Trinajstić information content (AvgIpc) is 2.40. The van der Waals surface area contributed by atoms with Crippen molar-refractivity contribution in [3.05, 3.63) is 31.9 Å². The van der Waals surface area contributed by atoms with Gasteiger partial charge in [-0.1, -0.05) is 6.07 Å². The van der Waals surface area contributed by atoms with E-state index in [-0.39, 0.29) is 11.4 Å². The van der Waals surface area contributed by atoms with Crippen LogP contribution in [0.3, 0.4) is 0 Å². The summed E-state index contributed by atoms with van der Waals surface area (Å²) in [7, 11) is 0. The number of nitrogens with one attached hydrogen (secondary N) is 1. The zero-order valence-electron chi connectivity index (χ0n) is 13.2. The van der Waals surface area contributed by atoms with E-state index in [1.54, 1.807) is 32.9 Å². The number of thioether (sulfide) groups is 1. The number of nitrogens with zero attached hydrogens (tertiary/aromatic N) is 1. The Hall–Kier alpha value is -1.56. The van der Waals surface area contributed by atoms with E-state index in [1.807, 2.05) is 22.6 Å². The number of halogens is 1. The predicted molar refractivity (Wildman–Crippen MR) is 97.3 cm³/mol. The molecule has 1 unspecified atom stereocenters. The Morgan fingerprint density at radius 1 is 1.46 bits per heavy atom. The number of ether oxygens (including phenoxy) is 1. The maximum absolute atomic E-state index is 11.7. The summed E-state index contributed by atoms with van der Waals surface area (Å²) in [5, 5.41) is 22.6. The van der Waals surface area contributed by atoms with Crippen LogP contribution in [0.2, 0.25) is 0 Å². The summed E-state index contributed by atoms with van der Waals surface area (Å²) in [4.78, 5) is 33.9. The van der Waals surface area contributed by atoms with Crippen LogP contribution in [0, 0.1) is 13.7 Å². The van der Waals surface area contributed by atoms with E-state index in [1.165, 1.54) is 6.07 Å². The van der Waals surface area contributed by atoms with E-state index in [2.05, 4.69) is 5.32 Å². The molecule has 2 N–H and O–H groups in total. The number of carbonyl (C=O) groups is 2. The van der Waals surface area contributed by atoms with Crippen LogP contribution in [0.4, 0.5) is 10.5 Å². The van der Waals surface area contributed by atoms with Gasteiger partial charge in [-0.25, -0.2) is 9.59 Å². The summed E-state index contributed by atoms with van der Waals surface area (Å²) < 4.78 is 5.47. The third-order valence-corrected chi connectivity index (χ3v) is 4.54. The maximum Gasteiger partial charge on any atom is 0.408 e. The molecule has 0 saturated heterocycles. The van der Waals surface area contributed by atoms with Crippen molar-refractivity contribution in [3.8, 4) is 0 Å². The molecule has 10 heteroatoms. The molecular formula is C14H17IN2O6S. The van der Waals surface area contributed by atoms with Crippen molar-refractivity contribution in [2.75, 3.05) is 5.75 Å². The average molecular weight is 468 g/mol. The number of nitro benzene ring substituents is 1. The van der Waals surface area contributed by atoms with Gasteiger partial charge in [0.05, 0.1) is 13.4 Å². The fraction of sp³-hybridized carbons (Fsp3) is 0.429. The molecule has 0 heterocycles. The fourth-order valence-corrected chi connectivity index (χ4v) is 3.53. The molecule has 132 valence electrons. The molecule has 0 spiro atoms. The monoisotopic (exact) mass is 468 g/mol. The molecule has 1 rings (SSSR count). The molecule has 1 aromatic rings. The summed E-state index contributed by atoms with van der Waals surface area (Å²) in [5.74, 6) is -1.32. The third kappa shape index (κ3) is 6.51. The number of benzene rings is 1. The SMILES string of the molecule is CC(C)(C)OC(=O)NC(CSc1cccc(I)c1[N+](=O)[O-])C(=O)O. The summed E-state index contributed by atoms with van der Waals surface area (Å²) in [6.45, 7) is 4.98. The van der Waals surface area contributed by atoms with Gasteiger partial charge in [0.25, 0.3) is 5.69 Å². The van der Waals surface area contributed by atoms with Crippen LogP contribution in [0.1, 0.15) is 20.8 Å². The lowest BCUT2D eigenvalue weighted by Crippen LogP contribution is -2.44. The van der Waals surface area contributed by atoms with Crippen LogP contribution in [0.25, 0.3) is 0 Å². The second-order valence-corrected chi connectivity index (χ2v) is 7.92. The lowest BCUT2D eigenvalue weighted by atomic mass is 10.2. The lowest BCUT2D eigenvalue weighted by Gasteiger charge is -2.21. The number of rotatable bonds is 6. The molecule has 0 aliphatic rings. The number of nitro groups is 1. The highest BCUT2D eigenvalue weighted by Crippen LogP contribution is 2.33. The molecule has 0 saturated carbocycles. The van der Waals surface area contributed by atoms with Crippen molar-refractivity contribution in [1.29, 1.82) is 0 Å². The summed E-state index contributed by atoms with van der Waals surface area (Å²) in [6.07, 6.45) is -0.854. The largest absolute Gasteiger partial charge is 0.480 e. The van der Waals surface area contributed by atoms with Gasteiger partial charge in [-0.15, -0.1) is 11.8 Å². The van der Waals surface area contributed by atoms with E-state index >= 15 is 0 Å². The molecule has 1 atom stereocenters. The summed E-state index contributed by atoms with van der Waals surface area (Å²) >= 11 is 2.83. The van der Waals surface area contributed by atoms with Gasteiger partial charge < -0.3 is 15.2 Å². The zero-order valence-corrected chi connectivity index (χ0v) is 16.2. The van der Waals surface area contributed by atoms with E-state index in [0.29, 0.717) is 8.47 Å². The second-order valence-electron chi connectivity index (χ2n) is 5.69. The number of aliphatic carboxylic acids is 1. The van der Waals surface area contributed by atoms with E-state index < -0.39 is 28.6 Å². The predicted octanol–water partition coefficient (Wildman–Crippen LogP) is 3.27. The number of hydrogen-bond acceptors (Lipinski definition) is 6. The Morgan fingerprint density at radius 2 is 2.08 bits per heavy atom. The highest BCUT2D eigenvalue weighted by Gasteiger charge is 2.26. The molecule has 0 aromatic heterocycles. The van der Waals surface area contributed by atoms with Crippen LogP contribution < -0.4 is 5.32 Å². The summed E-state index contributed by atoms with van der Waals surface area (Å²) in [5.41, 5.74) is -0.835. The van der Waals surface area contributed by atoms with Gasteiger partial charge in [0.1, 0.15) is 11.6 Å².